The molecule has 0 aromatic heterocycles. The van der Waals surface area contributed by atoms with Crippen molar-refractivity contribution in [3.8, 4) is 5.75 Å². The highest BCUT2D eigenvalue weighted by Crippen LogP contribution is 2.60. The van der Waals surface area contributed by atoms with Crippen LogP contribution in [0.5, 0.6) is 5.75 Å². The molecule has 2 N–H and O–H groups in total. The number of hydrogen-bond donors (Lipinski definition) is 2. The van der Waals surface area contributed by atoms with E-state index in [1.165, 1.54) is 11.1 Å². The summed E-state index contributed by atoms with van der Waals surface area (Å²) in [7, 11) is 0. The minimum atomic E-state index is -0.556. The summed E-state index contributed by atoms with van der Waals surface area (Å²) >= 11 is 0. The maximum Gasteiger partial charge on any atom is 0.120 e. The smallest absolute Gasteiger partial charge is 0.120 e. The highest BCUT2D eigenvalue weighted by Gasteiger charge is 2.57. The van der Waals surface area contributed by atoms with E-state index in [-0.39, 0.29) is 5.41 Å². The van der Waals surface area contributed by atoms with Crippen molar-refractivity contribution in [3.63, 3.8) is 0 Å². The van der Waals surface area contributed by atoms with E-state index in [9.17, 15) is 10.2 Å². The summed E-state index contributed by atoms with van der Waals surface area (Å²) in [5.74, 6) is 2.52. The van der Waals surface area contributed by atoms with Crippen molar-refractivity contribution in [3.05, 3.63) is 42.0 Å². The van der Waals surface area contributed by atoms with E-state index in [1.54, 1.807) is 6.08 Å². The lowest BCUT2D eigenvalue weighted by Gasteiger charge is -2.49. The van der Waals surface area contributed by atoms with Crippen molar-refractivity contribution in [1.82, 2.24) is 0 Å². The van der Waals surface area contributed by atoms with E-state index < -0.39 is 12.2 Å². The number of hydrogen-bond acceptors (Lipinski definition) is 3. The van der Waals surface area contributed by atoms with E-state index >= 15 is 0 Å². The fourth-order valence-corrected chi connectivity index (χ4v) is 5.79. The second kappa shape index (κ2) is 5.89. The molecule has 3 aliphatic rings. The average Bonchev–Trinajstić information content (AvgIpc) is 2.83. The van der Waals surface area contributed by atoms with Crippen molar-refractivity contribution in [1.29, 1.82) is 0 Å². The molecular formula is C21H28O3. The second-order valence-electron chi connectivity index (χ2n) is 8.17. The van der Waals surface area contributed by atoms with Gasteiger partial charge in [-0.25, -0.2) is 0 Å². The van der Waals surface area contributed by atoms with Crippen molar-refractivity contribution in [2.24, 2.45) is 17.3 Å². The van der Waals surface area contributed by atoms with E-state index in [4.69, 9.17) is 4.74 Å². The third-order valence-electron chi connectivity index (χ3n) is 7.04. The van der Waals surface area contributed by atoms with Crippen LogP contribution in [0.25, 0.3) is 0 Å². The van der Waals surface area contributed by atoms with E-state index in [2.05, 4.69) is 31.7 Å². The summed E-state index contributed by atoms with van der Waals surface area (Å²) in [6, 6.07) is 6.52. The maximum atomic E-state index is 10.5. The van der Waals surface area contributed by atoms with Gasteiger partial charge in [0.2, 0.25) is 0 Å². The van der Waals surface area contributed by atoms with Gasteiger partial charge in [-0.15, -0.1) is 0 Å². The Kier molecular flexibility index (Phi) is 3.97. The minimum absolute atomic E-state index is 0.106. The Bertz CT molecular complexity index is 640. The summed E-state index contributed by atoms with van der Waals surface area (Å²) in [4.78, 5) is 0. The number of benzene rings is 1. The predicted octanol–water partition coefficient (Wildman–Crippen LogP) is 3.44. The van der Waals surface area contributed by atoms with Crippen LogP contribution in [-0.4, -0.2) is 29.0 Å². The molecule has 0 radical (unpaired) electrons. The van der Waals surface area contributed by atoms with Crippen molar-refractivity contribution < 1.29 is 14.9 Å². The quantitative estimate of drug-likeness (QED) is 0.836. The molecule has 4 rings (SSSR count). The molecular weight excluding hydrogens is 300 g/mol. The molecule has 0 spiro atoms. The van der Waals surface area contributed by atoms with Crippen LogP contribution in [0.1, 0.15) is 49.7 Å². The van der Waals surface area contributed by atoms with Gasteiger partial charge in [0.1, 0.15) is 12.4 Å². The molecule has 1 aromatic carbocycles. The third-order valence-corrected chi connectivity index (χ3v) is 7.04. The molecule has 130 valence electrons. The van der Waals surface area contributed by atoms with Gasteiger partial charge in [0.05, 0.1) is 12.2 Å². The summed E-state index contributed by atoms with van der Waals surface area (Å²) in [5, 5.41) is 20.7. The fourth-order valence-electron chi connectivity index (χ4n) is 5.79. The van der Waals surface area contributed by atoms with Gasteiger partial charge in [-0.1, -0.05) is 25.6 Å². The molecule has 3 nitrogen and oxygen atoms in total. The van der Waals surface area contributed by atoms with Gasteiger partial charge in [0.15, 0.2) is 0 Å². The molecule has 0 unspecified atom stereocenters. The van der Waals surface area contributed by atoms with Gasteiger partial charge >= 0.3 is 0 Å². The number of aliphatic hydroxyl groups is 2. The minimum Gasteiger partial charge on any atom is -0.490 e. The standard InChI is InChI=1S/C21H28O3/c1-3-10-24-14-5-7-15-13(11-14)4-6-17-16(15)8-9-21(2)18(17)12-19(22)20(21)23/h3,5,7,11,16-20,22-23H,1,4,6,8-10,12H2,2H3/t16-,17-,18-,19-,20-,21-/m0/s1. The van der Waals surface area contributed by atoms with Crippen LogP contribution < -0.4 is 4.74 Å². The normalized spacial score (nSPS) is 40.4. The highest BCUT2D eigenvalue weighted by atomic mass is 16.5. The zero-order valence-electron chi connectivity index (χ0n) is 14.4. The van der Waals surface area contributed by atoms with Gasteiger partial charge in [0.25, 0.3) is 0 Å². The van der Waals surface area contributed by atoms with Crippen LogP contribution in [0.3, 0.4) is 0 Å². The lowest BCUT2D eigenvalue weighted by molar-refractivity contribution is -0.0505. The first kappa shape index (κ1) is 16.2. The Morgan fingerprint density at radius 1 is 1.33 bits per heavy atom. The number of rotatable bonds is 3. The summed E-state index contributed by atoms with van der Waals surface area (Å²) < 4.78 is 5.69. The molecule has 0 bridgehead atoms. The number of aliphatic hydroxyl groups excluding tert-OH is 2. The number of fused-ring (bicyclic) bond motifs is 5. The van der Waals surface area contributed by atoms with Crippen LogP contribution in [0.15, 0.2) is 30.9 Å². The van der Waals surface area contributed by atoms with Gasteiger partial charge in [-0.2, -0.15) is 0 Å². The molecule has 3 aliphatic carbocycles. The van der Waals surface area contributed by atoms with E-state index in [1.807, 2.05) is 0 Å². The molecule has 24 heavy (non-hydrogen) atoms. The first-order valence-corrected chi connectivity index (χ1v) is 9.27. The topological polar surface area (TPSA) is 49.7 Å². The highest BCUT2D eigenvalue weighted by molar-refractivity contribution is 5.41. The van der Waals surface area contributed by atoms with Crippen LogP contribution in [0, 0.1) is 17.3 Å². The SMILES string of the molecule is C=CCOc1ccc2c(c1)CC[C@H]1[C@H]2CC[C@]2(C)[C@@H](O)[C@@H](O)C[C@@H]12. The van der Waals surface area contributed by atoms with Gasteiger partial charge in [-0.05, 0) is 78.5 Å². The van der Waals surface area contributed by atoms with Gasteiger partial charge in [-0.3, -0.25) is 0 Å². The van der Waals surface area contributed by atoms with Crippen LogP contribution >= 0.6 is 0 Å². The molecule has 1 aromatic rings. The predicted molar refractivity (Wildman–Crippen MR) is 94.1 cm³/mol. The maximum absolute atomic E-state index is 10.5. The Hall–Kier alpha value is -1.32. The molecule has 0 heterocycles. The third kappa shape index (κ3) is 2.33. The average molecular weight is 328 g/mol. The molecule has 3 heteroatoms. The van der Waals surface area contributed by atoms with Crippen LogP contribution in [0.2, 0.25) is 0 Å². The summed E-state index contributed by atoms with van der Waals surface area (Å²) in [5.41, 5.74) is 2.78. The largest absolute Gasteiger partial charge is 0.490 e. The zero-order chi connectivity index (χ0) is 16.9. The Morgan fingerprint density at radius 3 is 2.96 bits per heavy atom. The van der Waals surface area contributed by atoms with E-state index in [0.29, 0.717) is 24.4 Å². The second-order valence-corrected chi connectivity index (χ2v) is 8.17. The Labute approximate surface area is 144 Å². The summed E-state index contributed by atoms with van der Waals surface area (Å²) in [6.07, 6.45) is 5.77. The first-order chi connectivity index (χ1) is 11.5. The van der Waals surface area contributed by atoms with Crippen LogP contribution in [-0.2, 0) is 6.42 Å². The summed E-state index contributed by atoms with van der Waals surface area (Å²) in [6.45, 7) is 6.43. The van der Waals surface area contributed by atoms with Crippen molar-refractivity contribution in [2.45, 2.75) is 57.2 Å². The molecule has 0 amide bonds. The van der Waals surface area contributed by atoms with E-state index in [0.717, 1.165) is 37.9 Å². The lowest BCUT2D eigenvalue weighted by Crippen LogP contribution is -2.44. The van der Waals surface area contributed by atoms with Crippen LogP contribution in [0.4, 0.5) is 0 Å². The Morgan fingerprint density at radius 2 is 2.17 bits per heavy atom. The van der Waals surface area contributed by atoms with Gasteiger partial charge < -0.3 is 14.9 Å². The monoisotopic (exact) mass is 328 g/mol. The first-order valence-electron chi connectivity index (χ1n) is 9.27. The zero-order valence-corrected chi connectivity index (χ0v) is 14.4. The molecule has 2 fully saturated rings. The number of ether oxygens (including phenoxy) is 1. The van der Waals surface area contributed by atoms with Crippen molar-refractivity contribution in [2.75, 3.05) is 6.61 Å². The lowest BCUT2D eigenvalue weighted by atomic mass is 9.55. The molecule has 0 aliphatic heterocycles. The molecule has 2 saturated carbocycles. The Balaban J connectivity index is 1.61. The van der Waals surface area contributed by atoms with Crippen molar-refractivity contribution >= 4 is 0 Å². The van der Waals surface area contributed by atoms with Gasteiger partial charge in [0, 0.05) is 0 Å². The molecule has 6 atom stereocenters. The molecule has 0 saturated heterocycles. The number of aryl methyl sites for hydroxylation is 1. The fraction of sp³-hybridized carbons (Fsp3) is 0.619.